The zero-order valence-electron chi connectivity index (χ0n) is 8.69. The van der Waals surface area contributed by atoms with Gasteiger partial charge in [0.2, 0.25) is 11.8 Å². The van der Waals surface area contributed by atoms with Crippen molar-refractivity contribution in [2.24, 2.45) is 11.7 Å². The Kier molecular flexibility index (Phi) is 3.46. The van der Waals surface area contributed by atoms with E-state index in [1.54, 1.807) is 4.90 Å². The summed E-state index contributed by atoms with van der Waals surface area (Å²) in [5, 5.41) is 0. The molecule has 0 unspecified atom stereocenters. The molecule has 0 saturated carbocycles. The van der Waals surface area contributed by atoms with E-state index in [1.807, 2.05) is 19.0 Å². The van der Waals surface area contributed by atoms with E-state index in [0.717, 1.165) is 6.54 Å². The lowest BCUT2D eigenvalue weighted by atomic mass is 10.1. The van der Waals surface area contributed by atoms with E-state index < -0.39 is 0 Å². The van der Waals surface area contributed by atoms with Crippen molar-refractivity contribution >= 4 is 11.8 Å². The standard InChI is InChI=1S/C9H17N3O2/c1-11(2)3-4-12-6-7(9(10)14)5-8(12)13/h7H,3-6H2,1-2H3,(H2,10,14)/t7-/m0/s1. The first-order chi connectivity index (χ1) is 6.50. The third-order valence-electron chi connectivity index (χ3n) is 2.43. The molecular formula is C9H17N3O2. The van der Waals surface area contributed by atoms with Crippen LogP contribution in [0.1, 0.15) is 6.42 Å². The van der Waals surface area contributed by atoms with Crippen LogP contribution in [0.15, 0.2) is 0 Å². The highest BCUT2D eigenvalue weighted by Gasteiger charge is 2.32. The van der Waals surface area contributed by atoms with Gasteiger partial charge in [0.05, 0.1) is 5.92 Å². The summed E-state index contributed by atoms with van der Waals surface area (Å²) in [6, 6.07) is 0. The van der Waals surface area contributed by atoms with Gasteiger partial charge in [-0.3, -0.25) is 9.59 Å². The maximum Gasteiger partial charge on any atom is 0.223 e. The molecule has 1 fully saturated rings. The van der Waals surface area contributed by atoms with Crippen LogP contribution < -0.4 is 5.73 Å². The summed E-state index contributed by atoms with van der Waals surface area (Å²) in [6.45, 7) is 1.98. The van der Waals surface area contributed by atoms with E-state index in [4.69, 9.17) is 5.73 Å². The molecule has 2 N–H and O–H groups in total. The van der Waals surface area contributed by atoms with E-state index in [9.17, 15) is 9.59 Å². The van der Waals surface area contributed by atoms with Crippen LogP contribution in [0, 0.1) is 5.92 Å². The Balaban J connectivity index is 2.41. The SMILES string of the molecule is CN(C)CCN1C[C@@H](C(N)=O)CC1=O. The zero-order chi connectivity index (χ0) is 10.7. The highest BCUT2D eigenvalue weighted by atomic mass is 16.2. The van der Waals surface area contributed by atoms with Crippen molar-refractivity contribution < 1.29 is 9.59 Å². The molecule has 80 valence electrons. The summed E-state index contributed by atoms with van der Waals surface area (Å²) in [7, 11) is 3.90. The third-order valence-corrected chi connectivity index (χ3v) is 2.43. The van der Waals surface area contributed by atoms with Crippen LogP contribution in [0.5, 0.6) is 0 Å². The Hall–Kier alpha value is -1.10. The molecule has 0 aliphatic carbocycles. The summed E-state index contributed by atoms with van der Waals surface area (Å²) < 4.78 is 0. The summed E-state index contributed by atoms with van der Waals surface area (Å²) in [6.07, 6.45) is 0.281. The second-order valence-corrected chi connectivity index (χ2v) is 3.95. The van der Waals surface area contributed by atoms with Crippen LogP contribution in [0.25, 0.3) is 0 Å². The van der Waals surface area contributed by atoms with Gasteiger partial charge in [0, 0.05) is 26.1 Å². The van der Waals surface area contributed by atoms with Crippen LogP contribution in [0.2, 0.25) is 0 Å². The van der Waals surface area contributed by atoms with Crippen molar-refractivity contribution in [3.8, 4) is 0 Å². The number of nitrogens with zero attached hydrogens (tertiary/aromatic N) is 2. The summed E-state index contributed by atoms with van der Waals surface area (Å²) in [5.74, 6) is -0.619. The second-order valence-electron chi connectivity index (χ2n) is 3.95. The number of amides is 2. The van der Waals surface area contributed by atoms with Crippen molar-refractivity contribution in [2.45, 2.75) is 6.42 Å². The second kappa shape index (κ2) is 4.41. The van der Waals surface area contributed by atoms with Gasteiger partial charge < -0.3 is 15.5 Å². The Morgan fingerprint density at radius 3 is 2.71 bits per heavy atom. The molecule has 14 heavy (non-hydrogen) atoms. The number of carbonyl (C=O) groups is 2. The maximum atomic E-state index is 11.4. The van der Waals surface area contributed by atoms with E-state index in [1.165, 1.54) is 0 Å². The minimum Gasteiger partial charge on any atom is -0.369 e. The molecule has 5 heteroatoms. The summed E-state index contributed by atoms with van der Waals surface area (Å²) in [4.78, 5) is 26.0. The van der Waals surface area contributed by atoms with E-state index in [-0.39, 0.29) is 24.2 Å². The summed E-state index contributed by atoms with van der Waals surface area (Å²) in [5.41, 5.74) is 5.15. The van der Waals surface area contributed by atoms with Crippen molar-refractivity contribution in [3.05, 3.63) is 0 Å². The van der Waals surface area contributed by atoms with Crippen molar-refractivity contribution in [3.63, 3.8) is 0 Å². The van der Waals surface area contributed by atoms with Crippen molar-refractivity contribution in [1.29, 1.82) is 0 Å². The molecule has 1 heterocycles. The van der Waals surface area contributed by atoms with Gasteiger partial charge in [-0.2, -0.15) is 0 Å². The maximum absolute atomic E-state index is 11.4. The average molecular weight is 199 g/mol. The highest BCUT2D eigenvalue weighted by Crippen LogP contribution is 2.16. The Bertz CT molecular complexity index is 240. The first-order valence-electron chi connectivity index (χ1n) is 4.72. The molecule has 1 saturated heterocycles. The van der Waals surface area contributed by atoms with Crippen LogP contribution in [-0.2, 0) is 9.59 Å². The Morgan fingerprint density at radius 2 is 2.29 bits per heavy atom. The molecule has 1 aliphatic rings. The molecule has 0 bridgehead atoms. The molecule has 5 nitrogen and oxygen atoms in total. The fourth-order valence-electron chi connectivity index (χ4n) is 1.50. The van der Waals surface area contributed by atoms with Crippen LogP contribution >= 0.6 is 0 Å². The van der Waals surface area contributed by atoms with Gasteiger partial charge in [-0.1, -0.05) is 0 Å². The lowest BCUT2D eigenvalue weighted by Crippen LogP contribution is -2.34. The molecule has 1 rings (SSSR count). The normalized spacial score (nSPS) is 22.1. The minimum absolute atomic E-state index is 0.0376. The molecule has 2 amide bonds. The van der Waals surface area contributed by atoms with Crippen LogP contribution in [0.3, 0.4) is 0 Å². The van der Waals surface area contributed by atoms with Crippen molar-refractivity contribution in [1.82, 2.24) is 9.80 Å². The number of carbonyl (C=O) groups excluding carboxylic acids is 2. The quantitative estimate of drug-likeness (QED) is 0.624. The molecule has 0 spiro atoms. The molecule has 0 aromatic rings. The van der Waals surface area contributed by atoms with Gasteiger partial charge in [0.25, 0.3) is 0 Å². The number of hydrogen-bond donors (Lipinski definition) is 1. The number of primary amides is 1. The smallest absolute Gasteiger partial charge is 0.223 e. The van der Waals surface area contributed by atoms with Gasteiger partial charge in [-0.05, 0) is 14.1 Å². The van der Waals surface area contributed by atoms with Crippen LogP contribution in [-0.4, -0.2) is 55.3 Å². The van der Waals surface area contributed by atoms with Gasteiger partial charge in [0.1, 0.15) is 0 Å². The van der Waals surface area contributed by atoms with Gasteiger partial charge in [0.15, 0.2) is 0 Å². The molecular weight excluding hydrogens is 182 g/mol. The number of nitrogens with two attached hydrogens (primary N) is 1. The number of hydrogen-bond acceptors (Lipinski definition) is 3. The topological polar surface area (TPSA) is 66.6 Å². The first-order valence-corrected chi connectivity index (χ1v) is 4.72. The number of rotatable bonds is 4. The molecule has 1 aliphatic heterocycles. The molecule has 1 atom stereocenters. The Labute approximate surface area is 83.8 Å². The van der Waals surface area contributed by atoms with E-state index >= 15 is 0 Å². The molecule has 0 aromatic heterocycles. The first kappa shape index (κ1) is 11.0. The third kappa shape index (κ3) is 2.70. The molecule has 0 radical (unpaired) electrons. The molecule has 0 aromatic carbocycles. The van der Waals surface area contributed by atoms with Gasteiger partial charge in [-0.25, -0.2) is 0 Å². The predicted octanol–water partition coefficient (Wildman–Crippen LogP) is -1.12. The lowest BCUT2D eigenvalue weighted by molar-refractivity contribution is -0.128. The van der Waals surface area contributed by atoms with Crippen LogP contribution in [0.4, 0.5) is 0 Å². The fourth-order valence-corrected chi connectivity index (χ4v) is 1.50. The van der Waals surface area contributed by atoms with Gasteiger partial charge >= 0.3 is 0 Å². The largest absolute Gasteiger partial charge is 0.369 e. The number of likely N-dealkylation sites (tertiary alicyclic amines) is 1. The Morgan fingerprint density at radius 1 is 1.64 bits per heavy atom. The van der Waals surface area contributed by atoms with E-state index in [2.05, 4.69) is 0 Å². The lowest BCUT2D eigenvalue weighted by Gasteiger charge is -2.18. The fraction of sp³-hybridized carbons (Fsp3) is 0.778. The predicted molar refractivity (Wildman–Crippen MR) is 52.4 cm³/mol. The highest BCUT2D eigenvalue weighted by molar-refractivity contribution is 5.88. The summed E-state index contributed by atoms with van der Waals surface area (Å²) >= 11 is 0. The number of likely N-dealkylation sites (N-methyl/N-ethyl adjacent to an activating group) is 1. The van der Waals surface area contributed by atoms with E-state index in [0.29, 0.717) is 13.1 Å². The average Bonchev–Trinajstić information content (AvgIpc) is 2.43. The van der Waals surface area contributed by atoms with Crippen molar-refractivity contribution in [2.75, 3.05) is 33.7 Å². The zero-order valence-corrected chi connectivity index (χ0v) is 8.69. The minimum atomic E-state index is -0.370. The monoisotopic (exact) mass is 199 g/mol. The van der Waals surface area contributed by atoms with Gasteiger partial charge in [-0.15, -0.1) is 0 Å².